The first-order chi connectivity index (χ1) is 19.4. The fourth-order valence-electron chi connectivity index (χ4n) is 5.02. The number of aromatic nitrogens is 4. The van der Waals surface area contributed by atoms with E-state index in [1.54, 1.807) is 43.3 Å². The Balaban J connectivity index is 1.52. The highest BCUT2D eigenvalue weighted by Gasteiger charge is 2.37. The van der Waals surface area contributed by atoms with Gasteiger partial charge in [0.05, 0.1) is 0 Å². The molecular formula is C30H32N6O4. The first kappa shape index (κ1) is 27.0. The average Bonchev–Trinajstić information content (AvgIpc) is 3.61. The summed E-state index contributed by atoms with van der Waals surface area (Å²) >= 11 is 0. The zero-order valence-electron chi connectivity index (χ0n) is 22.6. The fourth-order valence-corrected chi connectivity index (χ4v) is 5.02. The van der Waals surface area contributed by atoms with E-state index in [2.05, 4.69) is 20.7 Å². The van der Waals surface area contributed by atoms with Gasteiger partial charge in [-0.3, -0.25) is 19.3 Å². The maximum atomic E-state index is 14.0. The highest BCUT2D eigenvalue weighted by atomic mass is 16.3. The van der Waals surface area contributed by atoms with Crippen LogP contribution < -0.4 is 10.2 Å². The normalized spacial score (nSPS) is 14.4. The number of Topliss-reactive ketones (excluding diaryl/α,β-unsaturated/α-hetero) is 1. The van der Waals surface area contributed by atoms with Crippen molar-refractivity contribution in [2.24, 2.45) is 0 Å². The number of tetrazole rings is 1. The van der Waals surface area contributed by atoms with Gasteiger partial charge in [-0.1, -0.05) is 61.7 Å². The van der Waals surface area contributed by atoms with Crippen molar-refractivity contribution in [1.29, 1.82) is 0 Å². The number of ketones is 1. The number of carbonyl (C=O) groups is 3. The molecule has 0 unspecified atom stereocenters. The fraction of sp³-hybridized carbons (Fsp3) is 0.333. The first-order valence-electron chi connectivity index (χ1n) is 13.5. The van der Waals surface area contributed by atoms with E-state index in [1.807, 2.05) is 30.3 Å². The molecule has 1 fully saturated rings. The smallest absolute Gasteiger partial charge is 0.251 e. The molecule has 10 nitrogen and oxygen atoms in total. The number of rotatable bonds is 9. The maximum absolute atomic E-state index is 14.0. The van der Waals surface area contributed by atoms with Crippen LogP contribution in [0.1, 0.15) is 66.9 Å². The minimum Gasteiger partial charge on any atom is -0.464 e. The average molecular weight is 541 g/mol. The molecule has 206 valence electrons. The number of hydrogen-bond acceptors (Lipinski definition) is 7. The van der Waals surface area contributed by atoms with Crippen LogP contribution in [0.4, 0.5) is 5.69 Å². The van der Waals surface area contributed by atoms with E-state index in [4.69, 9.17) is 4.42 Å². The SMILES string of the molecule is CC(=O)c1cccc(N(C(=O)Cn2nnc(-c3ccccc3)n2)[C@H](C(=O)NC2CCCCC2)c2ccc(C)o2)c1. The molecular weight excluding hydrogens is 508 g/mol. The molecule has 0 bridgehead atoms. The van der Waals surface area contributed by atoms with Gasteiger partial charge in [0.15, 0.2) is 11.8 Å². The summed E-state index contributed by atoms with van der Waals surface area (Å²) in [4.78, 5) is 42.8. The third-order valence-electron chi connectivity index (χ3n) is 7.05. The van der Waals surface area contributed by atoms with Crippen molar-refractivity contribution < 1.29 is 18.8 Å². The van der Waals surface area contributed by atoms with Gasteiger partial charge in [-0.15, -0.1) is 10.2 Å². The monoisotopic (exact) mass is 540 g/mol. The number of anilines is 1. The van der Waals surface area contributed by atoms with Crippen molar-refractivity contribution in [2.45, 2.75) is 64.6 Å². The summed E-state index contributed by atoms with van der Waals surface area (Å²) in [6.07, 6.45) is 5.00. The van der Waals surface area contributed by atoms with Crippen molar-refractivity contribution in [1.82, 2.24) is 25.5 Å². The van der Waals surface area contributed by atoms with Gasteiger partial charge in [0.1, 0.15) is 18.1 Å². The van der Waals surface area contributed by atoms with E-state index in [0.717, 1.165) is 37.7 Å². The summed E-state index contributed by atoms with van der Waals surface area (Å²) in [6, 6.07) is 18.4. The van der Waals surface area contributed by atoms with Crippen LogP contribution in [-0.4, -0.2) is 43.8 Å². The topological polar surface area (TPSA) is 123 Å². The van der Waals surface area contributed by atoms with Crippen molar-refractivity contribution in [2.75, 3.05) is 4.90 Å². The van der Waals surface area contributed by atoms with Crippen LogP contribution in [0.3, 0.4) is 0 Å². The van der Waals surface area contributed by atoms with Crippen LogP contribution in [0, 0.1) is 6.92 Å². The summed E-state index contributed by atoms with van der Waals surface area (Å²) in [6.45, 7) is 2.96. The van der Waals surface area contributed by atoms with Gasteiger partial charge in [-0.05, 0) is 56.2 Å². The van der Waals surface area contributed by atoms with E-state index in [9.17, 15) is 14.4 Å². The summed E-state index contributed by atoms with van der Waals surface area (Å²) < 4.78 is 5.93. The molecule has 2 heterocycles. The minimum absolute atomic E-state index is 0.0192. The van der Waals surface area contributed by atoms with Gasteiger partial charge in [0.2, 0.25) is 5.82 Å². The molecule has 0 spiro atoms. The summed E-state index contributed by atoms with van der Waals surface area (Å²) in [5, 5.41) is 15.7. The molecule has 0 radical (unpaired) electrons. The van der Waals surface area contributed by atoms with Crippen LogP contribution in [0.5, 0.6) is 0 Å². The van der Waals surface area contributed by atoms with Gasteiger partial charge < -0.3 is 9.73 Å². The molecule has 10 heteroatoms. The summed E-state index contributed by atoms with van der Waals surface area (Å²) in [5.41, 5.74) is 1.57. The molecule has 1 aliphatic rings. The van der Waals surface area contributed by atoms with Crippen LogP contribution in [-0.2, 0) is 16.1 Å². The molecule has 2 amide bonds. The molecule has 5 rings (SSSR count). The Morgan fingerprint density at radius 3 is 2.50 bits per heavy atom. The number of nitrogens with zero attached hydrogens (tertiary/aromatic N) is 5. The Kier molecular flexibility index (Phi) is 8.14. The molecule has 1 saturated carbocycles. The van der Waals surface area contributed by atoms with Crippen molar-refractivity contribution in [3.8, 4) is 11.4 Å². The predicted molar refractivity (Wildman–Crippen MR) is 148 cm³/mol. The Morgan fingerprint density at radius 2 is 1.80 bits per heavy atom. The molecule has 4 aromatic rings. The van der Waals surface area contributed by atoms with E-state index < -0.39 is 11.9 Å². The molecule has 1 atom stereocenters. The number of aryl methyl sites for hydroxylation is 1. The van der Waals surface area contributed by atoms with Gasteiger partial charge in [-0.25, -0.2) is 0 Å². The maximum Gasteiger partial charge on any atom is 0.251 e. The van der Waals surface area contributed by atoms with Gasteiger partial charge in [0.25, 0.3) is 11.8 Å². The summed E-state index contributed by atoms with van der Waals surface area (Å²) in [5.74, 6) is 0.350. The molecule has 1 N–H and O–H groups in total. The first-order valence-corrected chi connectivity index (χ1v) is 13.5. The zero-order valence-corrected chi connectivity index (χ0v) is 22.6. The lowest BCUT2D eigenvalue weighted by Crippen LogP contribution is -2.48. The largest absolute Gasteiger partial charge is 0.464 e. The number of furan rings is 1. The second-order valence-corrected chi connectivity index (χ2v) is 10.1. The van der Waals surface area contributed by atoms with E-state index in [-0.39, 0.29) is 24.3 Å². The van der Waals surface area contributed by atoms with E-state index >= 15 is 0 Å². The summed E-state index contributed by atoms with van der Waals surface area (Å²) in [7, 11) is 0. The highest BCUT2D eigenvalue weighted by molar-refractivity contribution is 6.02. The highest BCUT2D eigenvalue weighted by Crippen LogP contribution is 2.31. The molecule has 0 saturated heterocycles. The van der Waals surface area contributed by atoms with Crippen molar-refractivity contribution in [3.63, 3.8) is 0 Å². The standard InChI is InChI=1S/C30H32N6O4/c1-20-16-17-26(40-20)28(30(39)31-24-13-7-4-8-14-24)36(25-15-9-12-23(18-25)21(2)37)27(38)19-35-33-29(32-34-35)22-10-5-3-6-11-22/h3,5-6,9-12,15-18,24,28H,4,7-8,13-14,19H2,1-2H3,(H,31,39)/t28-/m0/s1. The third-order valence-corrected chi connectivity index (χ3v) is 7.05. The number of benzene rings is 2. The predicted octanol–water partition coefficient (Wildman–Crippen LogP) is 4.67. The van der Waals surface area contributed by atoms with Crippen LogP contribution >= 0.6 is 0 Å². The molecule has 40 heavy (non-hydrogen) atoms. The molecule has 2 aromatic carbocycles. The Morgan fingerprint density at radius 1 is 1.02 bits per heavy atom. The number of amides is 2. The lowest BCUT2D eigenvalue weighted by molar-refractivity contribution is -0.128. The number of carbonyl (C=O) groups excluding carboxylic acids is 3. The van der Waals surface area contributed by atoms with Crippen LogP contribution in [0.15, 0.2) is 71.1 Å². The zero-order chi connectivity index (χ0) is 28.1. The molecule has 1 aliphatic carbocycles. The van der Waals surface area contributed by atoms with Crippen LogP contribution in [0.25, 0.3) is 11.4 Å². The molecule has 2 aromatic heterocycles. The number of nitrogens with one attached hydrogen (secondary N) is 1. The third kappa shape index (κ3) is 6.17. The van der Waals surface area contributed by atoms with Crippen molar-refractivity contribution >= 4 is 23.3 Å². The van der Waals surface area contributed by atoms with Crippen LogP contribution in [0.2, 0.25) is 0 Å². The Bertz CT molecular complexity index is 1490. The molecule has 0 aliphatic heterocycles. The van der Waals surface area contributed by atoms with Gasteiger partial charge >= 0.3 is 0 Å². The van der Waals surface area contributed by atoms with Gasteiger partial charge in [0, 0.05) is 22.9 Å². The number of hydrogen-bond donors (Lipinski definition) is 1. The minimum atomic E-state index is -1.11. The lowest BCUT2D eigenvalue weighted by atomic mass is 9.95. The second kappa shape index (κ2) is 12.1. The Labute approximate surface area is 232 Å². The lowest BCUT2D eigenvalue weighted by Gasteiger charge is -2.32. The Hall–Kier alpha value is -4.60. The van der Waals surface area contributed by atoms with Gasteiger partial charge in [-0.2, -0.15) is 4.80 Å². The van der Waals surface area contributed by atoms with E-state index in [1.165, 1.54) is 16.6 Å². The van der Waals surface area contributed by atoms with E-state index in [0.29, 0.717) is 28.6 Å². The van der Waals surface area contributed by atoms with Crippen molar-refractivity contribution in [3.05, 3.63) is 83.8 Å². The second-order valence-electron chi connectivity index (χ2n) is 10.1. The quantitative estimate of drug-likeness (QED) is 0.306.